The summed E-state index contributed by atoms with van der Waals surface area (Å²) in [6, 6.07) is 35.6. The van der Waals surface area contributed by atoms with E-state index in [1.165, 1.54) is 48.5 Å². The highest BCUT2D eigenvalue weighted by Gasteiger charge is 2.48. The zero-order valence-electron chi connectivity index (χ0n) is 22.6. The van der Waals surface area contributed by atoms with Gasteiger partial charge in [-0.05, 0) is 76.5 Å². The molecule has 208 valence electrons. The Labute approximate surface area is 245 Å². The summed E-state index contributed by atoms with van der Waals surface area (Å²) in [5, 5.41) is 1.86. The Morgan fingerprint density at radius 1 is 0.512 bits per heavy atom. The average Bonchev–Trinajstić information content (AvgIpc) is 3.37. The van der Waals surface area contributed by atoms with Gasteiger partial charge in [-0.3, -0.25) is 0 Å². The zero-order valence-corrected chi connectivity index (χ0v) is 22.6. The Balaban J connectivity index is 1.68. The van der Waals surface area contributed by atoms with Crippen LogP contribution in [0.4, 0.5) is 17.6 Å². The third-order valence-corrected chi connectivity index (χ3v) is 7.77. The van der Waals surface area contributed by atoms with Crippen LogP contribution in [0.2, 0.25) is 0 Å². The molecular weight excluding hydrogens is 548 g/mol. The minimum absolute atomic E-state index is 0.401. The molecule has 7 rings (SSSR count). The summed E-state index contributed by atoms with van der Waals surface area (Å²) in [5.41, 5.74) is 6.63. The Morgan fingerprint density at radius 2 is 0.977 bits per heavy atom. The first-order chi connectivity index (χ1) is 20.9. The van der Waals surface area contributed by atoms with Gasteiger partial charge in [-0.15, -0.1) is 5.73 Å². The first-order valence-corrected chi connectivity index (χ1v) is 13.7. The zero-order chi connectivity index (χ0) is 29.6. The second kappa shape index (κ2) is 10.5. The molecule has 0 fully saturated rings. The maximum Gasteiger partial charge on any atom is 0.192 e. The maximum absolute atomic E-state index is 14.3. The van der Waals surface area contributed by atoms with Crippen LogP contribution in [0.15, 0.2) is 139 Å². The van der Waals surface area contributed by atoms with Crippen LogP contribution in [0, 0.1) is 23.3 Å². The van der Waals surface area contributed by atoms with Gasteiger partial charge in [0.15, 0.2) is 5.60 Å². The first-order valence-electron chi connectivity index (χ1n) is 13.7. The van der Waals surface area contributed by atoms with Crippen LogP contribution in [-0.2, 0) is 5.60 Å². The summed E-state index contributed by atoms with van der Waals surface area (Å²) in [4.78, 5) is 0. The van der Waals surface area contributed by atoms with Crippen LogP contribution in [0.25, 0.3) is 21.9 Å². The van der Waals surface area contributed by atoms with Crippen molar-refractivity contribution in [3.8, 4) is 5.75 Å². The van der Waals surface area contributed by atoms with Crippen molar-refractivity contribution in [2.24, 2.45) is 0 Å². The van der Waals surface area contributed by atoms with Crippen molar-refractivity contribution in [1.82, 2.24) is 0 Å². The summed E-state index contributed by atoms with van der Waals surface area (Å²) in [6.07, 6.45) is 0. The lowest BCUT2D eigenvalue weighted by Crippen LogP contribution is -2.32. The van der Waals surface area contributed by atoms with Gasteiger partial charge in [-0.25, -0.2) is 17.6 Å². The van der Waals surface area contributed by atoms with Crippen molar-refractivity contribution in [3.05, 3.63) is 190 Å². The number of benzene rings is 6. The summed E-state index contributed by atoms with van der Waals surface area (Å²) < 4.78 is 63.5. The number of hydrogen-bond acceptors (Lipinski definition) is 1. The monoisotopic (exact) mass is 570 g/mol. The van der Waals surface area contributed by atoms with Gasteiger partial charge in [0.25, 0.3) is 0 Å². The molecule has 1 aliphatic heterocycles. The molecule has 0 atom stereocenters. The van der Waals surface area contributed by atoms with Gasteiger partial charge in [0.1, 0.15) is 29.0 Å². The fourth-order valence-corrected chi connectivity index (χ4v) is 5.75. The van der Waals surface area contributed by atoms with E-state index in [9.17, 15) is 17.6 Å². The maximum atomic E-state index is 14.3. The van der Waals surface area contributed by atoms with Gasteiger partial charge in [0.05, 0.1) is 5.57 Å². The van der Waals surface area contributed by atoms with E-state index in [0.717, 1.165) is 16.3 Å². The van der Waals surface area contributed by atoms with E-state index in [1.807, 2.05) is 36.4 Å². The average molecular weight is 571 g/mol. The van der Waals surface area contributed by atoms with Crippen molar-refractivity contribution in [1.29, 1.82) is 0 Å². The molecule has 1 aliphatic rings. The molecule has 1 heterocycles. The minimum Gasteiger partial charge on any atom is -0.472 e. The molecule has 0 saturated carbocycles. The lowest BCUT2D eigenvalue weighted by Gasteiger charge is -2.31. The van der Waals surface area contributed by atoms with E-state index < -0.39 is 28.9 Å². The standard InChI is InChI=1S/C38H22F4O/c39-29-14-5-25(6-15-29)34(26-7-16-30(40)17-8-26)23-35-37-33-4-2-1-3-24(33)9-22-36(37)43-38(35,27-10-18-31(41)19-11-27)28-12-20-32(42)21-13-28/h1-22H. The highest BCUT2D eigenvalue weighted by atomic mass is 19.1. The molecule has 0 N–H and O–H groups in total. The van der Waals surface area contributed by atoms with Crippen LogP contribution in [0.5, 0.6) is 5.75 Å². The molecule has 0 saturated heterocycles. The predicted molar refractivity (Wildman–Crippen MR) is 160 cm³/mol. The van der Waals surface area contributed by atoms with Crippen molar-refractivity contribution in [3.63, 3.8) is 0 Å². The molecule has 0 unspecified atom stereocenters. The molecule has 0 amide bonds. The minimum atomic E-state index is -1.38. The lowest BCUT2D eigenvalue weighted by molar-refractivity contribution is 0.192. The Morgan fingerprint density at radius 3 is 1.49 bits per heavy atom. The summed E-state index contributed by atoms with van der Waals surface area (Å²) in [7, 11) is 0. The molecule has 0 spiro atoms. The molecule has 0 radical (unpaired) electrons. The topological polar surface area (TPSA) is 9.23 Å². The summed E-state index contributed by atoms with van der Waals surface area (Å²) in [5.74, 6) is -1.08. The third kappa shape index (κ3) is 4.61. The van der Waals surface area contributed by atoms with Crippen molar-refractivity contribution in [2.45, 2.75) is 5.60 Å². The van der Waals surface area contributed by atoms with Crippen molar-refractivity contribution in [2.75, 3.05) is 0 Å². The number of fused-ring (bicyclic) bond motifs is 3. The van der Waals surface area contributed by atoms with E-state index in [4.69, 9.17) is 4.74 Å². The Kier molecular flexibility index (Phi) is 6.46. The largest absolute Gasteiger partial charge is 0.472 e. The molecule has 0 aromatic heterocycles. The van der Waals surface area contributed by atoms with Crippen molar-refractivity contribution >= 4 is 21.9 Å². The Bertz CT molecular complexity index is 1940. The molecule has 1 nitrogen and oxygen atoms in total. The van der Waals surface area contributed by atoms with E-state index >= 15 is 0 Å². The van der Waals surface area contributed by atoms with Gasteiger partial charge in [0.2, 0.25) is 0 Å². The summed E-state index contributed by atoms with van der Waals surface area (Å²) >= 11 is 0. The van der Waals surface area contributed by atoms with Gasteiger partial charge in [-0.2, -0.15) is 0 Å². The smallest absolute Gasteiger partial charge is 0.192 e. The van der Waals surface area contributed by atoms with Gasteiger partial charge in [0, 0.05) is 22.3 Å². The van der Waals surface area contributed by atoms with Gasteiger partial charge in [-0.1, -0.05) is 78.9 Å². The number of ether oxygens (including phenoxy) is 1. The number of rotatable bonds is 4. The Hall–Kier alpha value is -5.38. The van der Waals surface area contributed by atoms with Crippen LogP contribution >= 0.6 is 0 Å². The molecule has 0 bridgehead atoms. The van der Waals surface area contributed by atoms with E-state index in [1.54, 1.807) is 48.5 Å². The molecular formula is C38H22F4O. The van der Waals surface area contributed by atoms with Crippen molar-refractivity contribution < 1.29 is 22.3 Å². The van der Waals surface area contributed by atoms with E-state index in [2.05, 4.69) is 5.73 Å². The third-order valence-electron chi connectivity index (χ3n) is 7.77. The predicted octanol–water partition coefficient (Wildman–Crippen LogP) is 9.85. The molecule has 5 heteroatoms. The SMILES string of the molecule is Fc1ccc(C(=C=C2c3c(ccc4ccccc34)OC2(c2ccc(F)cc2)c2ccc(F)cc2)c2ccc(F)cc2)cc1. The van der Waals surface area contributed by atoms with Gasteiger partial charge < -0.3 is 4.74 Å². The molecule has 43 heavy (non-hydrogen) atoms. The molecule has 0 aliphatic carbocycles. The fourth-order valence-electron chi connectivity index (χ4n) is 5.75. The lowest BCUT2D eigenvalue weighted by atomic mass is 9.77. The second-order valence-corrected chi connectivity index (χ2v) is 10.3. The van der Waals surface area contributed by atoms with Gasteiger partial charge >= 0.3 is 0 Å². The van der Waals surface area contributed by atoms with E-state index in [0.29, 0.717) is 39.1 Å². The summed E-state index contributed by atoms with van der Waals surface area (Å²) in [6.45, 7) is 0. The highest BCUT2D eigenvalue weighted by molar-refractivity contribution is 6.02. The first kappa shape index (κ1) is 26.5. The fraction of sp³-hybridized carbons (Fsp3) is 0.0263. The second-order valence-electron chi connectivity index (χ2n) is 10.3. The van der Waals surface area contributed by atoms with Crippen LogP contribution in [-0.4, -0.2) is 0 Å². The quantitative estimate of drug-likeness (QED) is 0.151. The van der Waals surface area contributed by atoms with Crippen LogP contribution < -0.4 is 4.74 Å². The molecule has 6 aromatic carbocycles. The van der Waals surface area contributed by atoms with Crippen LogP contribution in [0.1, 0.15) is 27.8 Å². The van der Waals surface area contributed by atoms with Crippen LogP contribution in [0.3, 0.4) is 0 Å². The number of halogens is 4. The normalized spacial score (nSPS) is 13.3. The van der Waals surface area contributed by atoms with E-state index in [-0.39, 0.29) is 0 Å². The number of hydrogen-bond donors (Lipinski definition) is 0. The highest BCUT2D eigenvalue weighted by Crippen LogP contribution is 2.55. The molecule has 6 aromatic rings.